The van der Waals surface area contributed by atoms with Crippen molar-refractivity contribution in [2.45, 2.75) is 297 Å². The van der Waals surface area contributed by atoms with Crippen LogP contribution in [0, 0.1) is 39.9 Å². The van der Waals surface area contributed by atoms with Crippen LogP contribution in [0.25, 0.3) is 0 Å². The molecule has 0 aromatic heterocycles. The molecular weight excluding hydrogens is 1180 g/mol. The van der Waals surface area contributed by atoms with Crippen molar-refractivity contribution in [1.29, 1.82) is 0 Å². The molecule has 8 fully saturated rings. The number of allylic oxidation sites excluding steroid dienone is 1. The van der Waals surface area contributed by atoms with Crippen LogP contribution in [0.15, 0.2) is 11.6 Å². The lowest BCUT2D eigenvalue weighted by Gasteiger charge is -2.55. The van der Waals surface area contributed by atoms with Gasteiger partial charge in [0.25, 0.3) is 0 Å². The first-order chi connectivity index (χ1) is 41.8. The maximum Gasteiger partial charge on any atom is 0.187 e. The summed E-state index contributed by atoms with van der Waals surface area (Å²) in [6, 6.07) is 0. The number of hydrogen-bond donors (Lipinski definition) is 18. The summed E-state index contributed by atoms with van der Waals surface area (Å²) < 4.78 is 59.6. The van der Waals surface area contributed by atoms with Gasteiger partial charge in [-0.1, -0.05) is 53.2 Å². The van der Waals surface area contributed by atoms with Crippen molar-refractivity contribution >= 4 is 0 Å². The van der Waals surface area contributed by atoms with Crippen molar-refractivity contribution < 1.29 is 139 Å². The van der Waals surface area contributed by atoms with Gasteiger partial charge in [-0.3, -0.25) is 0 Å². The van der Waals surface area contributed by atoms with Crippen molar-refractivity contribution in [2.24, 2.45) is 39.9 Å². The van der Waals surface area contributed by atoms with Crippen LogP contribution in [0.3, 0.4) is 0 Å². The molecule has 5 aliphatic heterocycles. The molecule has 518 valence electrons. The van der Waals surface area contributed by atoms with E-state index >= 15 is 0 Å². The van der Waals surface area contributed by atoms with Gasteiger partial charge in [0.05, 0.1) is 69.2 Å². The maximum atomic E-state index is 11.9. The normalized spacial score (nSPS) is 49.3. The van der Waals surface area contributed by atoms with E-state index in [-0.39, 0.29) is 47.3 Å². The average Bonchev–Trinajstić information content (AvgIpc) is 1.72. The minimum Gasteiger partial charge on any atom is -0.394 e. The van der Waals surface area contributed by atoms with Crippen molar-refractivity contribution in [3.8, 4) is 0 Å². The van der Waals surface area contributed by atoms with E-state index in [0.29, 0.717) is 32.1 Å². The first kappa shape index (κ1) is 73.4. The van der Waals surface area contributed by atoms with Crippen LogP contribution in [0.2, 0.25) is 0 Å². The zero-order valence-corrected chi connectivity index (χ0v) is 52.4. The summed E-state index contributed by atoms with van der Waals surface area (Å²) in [6.07, 6.45) is -31.8. The molecule has 5 saturated heterocycles. The van der Waals surface area contributed by atoms with Crippen molar-refractivity contribution in [3.63, 3.8) is 0 Å². The van der Waals surface area contributed by atoms with Crippen LogP contribution in [0.4, 0.5) is 0 Å². The van der Waals surface area contributed by atoms with Gasteiger partial charge in [-0.25, -0.2) is 0 Å². The van der Waals surface area contributed by atoms with Crippen LogP contribution in [0.1, 0.15) is 126 Å². The van der Waals surface area contributed by atoms with Gasteiger partial charge >= 0.3 is 0 Å². The summed E-state index contributed by atoms with van der Waals surface area (Å²) in [7, 11) is 0. The maximum absolute atomic E-state index is 11.9. The molecule has 3 unspecified atom stereocenters. The topological polar surface area (TPSA) is 456 Å². The fourth-order valence-corrected chi connectivity index (χ4v) is 16.0. The van der Waals surface area contributed by atoms with Crippen LogP contribution < -0.4 is 0 Å². The van der Waals surface area contributed by atoms with E-state index in [1.165, 1.54) is 13.8 Å². The van der Waals surface area contributed by atoms with Gasteiger partial charge in [-0.2, -0.15) is 0 Å². The van der Waals surface area contributed by atoms with E-state index in [0.717, 1.165) is 31.3 Å². The van der Waals surface area contributed by atoms with Crippen LogP contribution in [-0.2, 0) is 47.4 Å². The highest BCUT2D eigenvalue weighted by Crippen LogP contribution is 2.68. The fraction of sp³-hybridized carbons (Fsp3) is 0.967. The van der Waals surface area contributed by atoms with E-state index in [9.17, 15) is 91.9 Å². The zero-order chi connectivity index (χ0) is 65.6. The van der Waals surface area contributed by atoms with Gasteiger partial charge in [0.2, 0.25) is 0 Å². The van der Waals surface area contributed by atoms with Gasteiger partial charge in [0.1, 0.15) is 104 Å². The van der Waals surface area contributed by atoms with Gasteiger partial charge < -0.3 is 139 Å². The number of aliphatic hydroxyl groups is 18. The Bertz CT molecular complexity index is 2240. The molecule has 3 saturated carbocycles. The second kappa shape index (κ2) is 29.9. The molecule has 28 heteroatoms. The highest BCUT2D eigenvalue weighted by Gasteiger charge is 2.62. The third kappa shape index (κ3) is 15.3. The standard InChI is InChI=1S/C61H106O28/c1-9-27-11-15-38(87-56-51(78)47(74)43(70)36(85-56)24-80-53-49(76)45(72)41(68)34(22-63)83-53)58(3,4)32(27)13-12-28-18-29(65)20-61(8)31(16-17-60(28,61)7)26(2)10-14-39(59(5,6)79)88-57-52(89-55-40(67)33(66)19-30(21-62)82-55)48(75)44(71)37(86-57)25-81-54-50(77)46(73)42(69)35(23-64)84-54/h13,26-31,33-57,62-79H,9-12,14-25H2,1-8H3/b32-13+/t26-,27?,28?,29+,30+,31?,33+,34-,35-,36-,37-,38+,39-,40-,41-,42-,43-,44-,45+,46+,47+,48+,49-,50-,51-,52-,53-,54+,55+,56+,57+,60+,61-/m1/s1. The lowest BCUT2D eigenvalue weighted by molar-refractivity contribution is -0.374. The van der Waals surface area contributed by atoms with Crippen LogP contribution in [0.5, 0.6) is 0 Å². The van der Waals surface area contributed by atoms with E-state index in [4.69, 9.17) is 47.4 Å². The Morgan fingerprint density at radius 1 is 0.562 bits per heavy atom. The van der Waals surface area contributed by atoms with E-state index in [1.807, 2.05) is 0 Å². The molecule has 33 atom stereocenters. The molecule has 8 aliphatic rings. The van der Waals surface area contributed by atoms with Crippen LogP contribution >= 0.6 is 0 Å². The molecule has 3 aliphatic carbocycles. The predicted octanol–water partition coefficient (Wildman–Crippen LogP) is -3.60. The van der Waals surface area contributed by atoms with E-state index in [2.05, 4.69) is 47.6 Å². The third-order valence-electron chi connectivity index (χ3n) is 21.9. The molecule has 28 nitrogen and oxygen atoms in total. The summed E-state index contributed by atoms with van der Waals surface area (Å²) in [4.78, 5) is 0. The second-order valence-corrected chi connectivity index (χ2v) is 28.3. The van der Waals surface area contributed by atoms with Crippen molar-refractivity contribution in [3.05, 3.63) is 11.6 Å². The monoisotopic (exact) mass is 1290 g/mol. The highest BCUT2D eigenvalue weighted by molar-refractivity contribution is 5.23. The Morgan fingerprint density at radius 2 is 1.08 bits per heavy atom. The fourth-order valence-electron chi connectivity index (χ4n) is 16.0. The first-order valence-electron chi connectivity index (χ1n) is 32.0. The largest absolute Gasteiger partial charge is 0.394 e. The van der Waals surface area contributed by atoms with Crippen LogP contribution in [-0.4, -0.2) is 296 Å². The Balaban J connectivity index is 0.951. The van der Waals surface area contributed by atoms with Crippen molar-refractivity contribution in [2.75, 3.05) is 33.0 Å². The first-order valence-corrected chi connectivity index (χ1v) is 32.0. The smallest absolute Gasteiger partial charge is 0.187 e. The quantitative estimate of drug-likeness (QED) is 0.0440. The van der Waals surface area contributed by atoms with Gasteiger partial charge in [0, 0.05) is 11.8 Å². The Labute approximate surface area is 519 Å². The summed E-state index contributed by atoms with van der Waals surface area (Å²) in [5.74, 6) is 0.304. The molecule has 0 bridgehead atoms. The number of hydrogen-bond acceptors (Lipinski definition) is 28. The summed E-state index contributed by atoms with van der Waals surface area (Å²) >= 11 is 0. The molecule has 0 amide bonds. The summed E-state index contributed by atoms with van der Waals surface area (Å²) in [6.45, 7) is 13.0. The predicted molar refractivity (Wildman–Crippen MR) is 306 cm³/mol. The number of rotatable bonds is 23. The summed E-state index contributed by atoms with van der Waals surface area (Å²) in [5.41, 5.74) is -1.69. The van der Waals surface area contributed by atoms with E-state index in [1.54, 1.807) is 0 Å². The minimum atomic E-state index is -1.89. The zero-order valence-electron chi connectivity index (χ0n) is 52.4. The molecule has 0 radical (unpaired) electrons. The molecule has 0 aromatic carbocycles. The molecule has 0 spiro atoms. The Morgan fingerprint density at radius 3 is 1.62 bits per heavy atom. The number of fused-ring (bicyclic) bond motifs is 1. The molecule has 5 heterocycles. The Kier molecular flexibility index (Phi) is 24.7. The average molecular weight is 1290 g/mol. The number of ether oxygens (including phenoxy) is 10. The van der Waals surface area contributed by atoms with E-state index < -0.39 is 210 Å². The lowest BCUT2D eigenvalue weighted by Crippen LogP contribution is -2.64. The molecule has 89 heavy (non-hydrogen) atoms. The molecule has 18 N–H and O–H groups in total. The van der Waals surface area contributed by atoms with Gasteiger partial charge in [-0.15, -0.1) is 0 Å². The number of aliphatic hydroxyl groups excluding tert-OH is 17. The third-order valence-corrected chi connectivity index (χ3v) is 21.9. The lowest BCUT2D eigenvalue weighted by atomic mass is 9.50. The Hall–Kier alpha value is -1.38. The summed E-state index contributed by atoms with van der Waals surface area (Å²) in [5, 5.41) is 194. The highest BCUT2D eigenvalue weighted by atomic mass is 16.8. The molecule has 0 aromatic rings. The van der Waals surface area contributed by atoms with Crippen molar-refractivity contribution in [1.82, 2.24) is 0 Å². The second-order valence-electron chi connectivity index (χ2n) is 28.3. The molecular formula is C61H106O28. The SMILES string of the molecule is CCC1CC[C@H](O[C@@H]2O[C@H](CO[C@@H]3O[C@H](CO)[C@@H](O)[C@H](O)[C@H]3O)[C@@H](O)[C@H](O)[C@H]2O)C(C)(C)/C1=C/CC1C[C@H](O)C[C@]2(C)C([C@H](C)CC[C@@H](O[C@@H]3O[C@H](CO[C@H]4O[C@H](CO)[C@@H](O)[C@H](O)[C@H]4O)[C@@H](O)[C@H](O)[C@H]3O[C@@H]3O[C@H](CO)C[C@H](O)[C@H]3O)C(C)(C)O)CC[C@@]12C. The van der Waals surface area contributed by atoms with Gasteiger partial charge in [-0.05, 0) is 113 Å². The minimum absolute atomic E-state index is 0.00998. The van der Waals surface area contributed by atoms with Gasteiger partial charge in [0.15, 0.2) is 31.5 Å². The molecule has 8 rings (SSSR count).